The number of aryl methyl sites for hydroxylation is 2. The standard InChI is InChI=1S/C21H25FN2O2/c1-14-8-15(2)10-17(9-14)19-11-18(22)4-5-20(19)24(21(25)26)13-16-6-7-23(3)12-16/h4-5,8-11,16H,6-7,12-13H2,1-3H3,(H,25,26). The van der Waals surface area contributed by atoms with E-state index in [9.17, 15) is 14.3 Å². The van der Waals surface area contributed by atoms with E-state index in [1.165, 1.54) is 17.0 Å². The van der Waals surface area contributed by atoms with E-state index in [4.69, 9.17) is 0 Å². The van der Waals surface area contributed by atoms with E-state index < -0.39 is 6.09 Å². The monoisotopic (exact) mass is 356 g/mol. The second kappa shape index (κ2) is 7.46. The van der Waals surface area contributed by atoms with Crippen LogP contribution < -0.4 is 4.90 Å². The predicted octanol–water partition coefficient (Wildman–Crippen LogP) is 4.55. The van der Waals surface area contributed by atoms with Crippen molar-refractivity contribution in [2.75, 3.05) is 31.6 Å². The summed E-state index contributed by atoms with van der Waals surface area (Å²) in [7, 11) is 2.05. The summed E-state index contributed by atoms with van der Waals surface area (Å²) in [5, 5.41) is 9.82. The minimum atomic E-state index is -1.00. The van der Waals surface area contributed by atoms with Crippen LogP contribution >= 0.6 is 0 Å². The molecule has 1 fully saturated rings. The van der Waals surface area contributed by atoms with Crippen molar-refractivity contribution in [2.24, 2.45) is 5.92 Å². The second-order valence-electron chi connectivity index (χ2n) is 7.35. The molecule has 26 heavy (non-hydrogen) atoms. The maximum atomic E-state index is 14.0. The minimum absolute atomic E-state index is 0.285. The Bertz CT molecular complexity index is 801. The van der Waals surface area contributed by atoms with Crippen molar-refractivity contribution in [3.63, 3.8) is 0 Å². The summed E-state index contributed by atoms with van der Waals surface area (Å²) in [6, 6.07) is 10.3. The fourth-order valence-corrected chi connectivity index (χ4v) is 3.82. The van der Waals surface area contributed by atoms with Gasteiger partial charge in [0.1, 0.15) is 5.82 Å². The van der Waals surface area contributed by atoms with Crippen LogP contribution in [0.4, 0.5) is 14.9 Å². The zero-order valence-electron chi connectivity index (χ0n) is 15.5. The van der Waals surface area contributed by atoms with Crippen molar-refractivity contribution in [2.45, 2.75) is 20.3 Å². The van der Waals surface area contributed by atoms with Crippen molar-refractivity contribution in [1.82, 2.24) is 4.90 Å². The Morgan fingerprint density at radius 2 is 1.92 bits per heavy atom. The smallest absolute Gasteiger partial charge is 0.411 e. The Balaban J connectivity index is 2.03. The highest BCUT2D eigenvalue weighted by Crippen LogP contribution is 2.34. The molecule has 0 bridgehead atoms. The molecule has 1 unspecified atom stereocenters. The van der Waals surface area contributed by atoms with E-state index in [-0.39, 0.29) is 11.7 Å². The predicted molar refractivity (Wildman–Crippen MR) is 102 cm³/mol. The summed E-state index contributed by atoms with van der Waals surface area (Å²) in [5.74, 6) is -0.0814. The molecule has 1 N–H and O–H groups in total. The molecule has 3 rings (SSSR count). The zero-order chi connectivity index (χ0) is 18.8. The molecular weight excluding hydrogens is 331 g/mol. The zero-order valence-corrected chi connectivity index (χ0v) is 15.5. The van der Waals surface area contributed by atoms with Gasteiger partial charge < -0.3 is 10.0 Å². The molecule has 1 atom stereocenters. The summed E-state index contributed by atoms with van der Waals surface area (Å²) in [4.78, 5) is 15.6. The summed E-state index contributed by atoms with van der Waals surface area (Å²) in [5.41, 5.74) is 4.12. The van der Waals surface area contributed by atoms with Gasteiger partial charge in [-0.15, -0.1) is 0 Å². The summed E-state index contributed by atoms with van der Waals surface area (Å²) in [6.07, 6.45) is -0.0304. The van der Waals surface area contributed by atoms with Crippen LogP contribution in [-0.2, 0) is 0 Å². The van der Waals surface area contributed by atoms with Gasteiger partial charge in [-0.2, -0.15) is 0 Å². The molecule has 1 aliphatic rings. The number of carboxylic acid groups (broad SMARTS) is 1. The maximum Gasteiger partial charge on any atom is 0.411 e. The van der Waals surface area contributed by atoms with Crippen LogP contribution in [0.1, 0.15) is 17.5 Å². The first kappa shape index (κ1) is 18.4. The van der Waals surface area contributed by atoms with E-state index in [0.717, 1.165) is 36.2 Å². The first-order chi connectivity index (χ1) is 12.3. The van der Waals surface area contributed by atoms with E-state index >= 15 is 0 Å². The largest absolute Gasteiger partial charge is 0.465 e. The fourth-order valence-electron chi connectivity index (χ4n) is 3.82. The average molecular weight is 356 g/mol. The molecule has 1 amide bonds. The van der Waals surface area contributed by atoms with Crippen molar-refractivity contribution in [3.05, 3.63) is 53.3 Å². The van der Waals surface area contributed by atoms with Crippen LogP contribution in [0.3, 0.4) is 0 Å². The van der Waals surface area contributed by atoms with E-state index in [1.54, 1.807) is 6.07 Å². The highest BCUT2D eigenvalue weighted by Gasteiger charge is 2.27. The second-order valence-corrected chi connectivity index (χ2v) is 7.35. The summed E-state index contributed by atoms with van der Waals surface area (Å²) >= 11 is 0. The molecule has 5 heteroatoms. The minimum Gasteiger partial charge on any atom is -0.465 e. The third-order valence-electron chi connectivity index (χ3n) is 4.94. The molecule has 1 aliphatic heterocycles. The van der Waals surface area contributed by atoms with Crippen LogP contribution in [0, 0.1) is 25.6 Å². The number of nitrogens with zero attached hydrogens (tertiary/aromatic N) is 2. The molecule has 4 nitrogen and oxygen atoms in total. The van der Waals surface area contributed by atoms with Gasteiger partial charge in [-0.3, -0.25) is 4.90 Å². The van der Waals surface area contributed by atoms with Gasteiger partial charge in [-0.05, 0) is 63.5 Å². The number of hydrogen-bond acceptors (Lipinski definition) is 2. The van der Waals surface area contributed by atoms with E-state index in [1.807, 2.05) is 39.1 Å². The van der Waals surface area contributed by atoms with Gasteiger partial charge in [0.05, 0.1) is 5.69 Å². The molecule has 0 saturated carbocycles. The van der Waals surface area contributed by atoms with Crippen LogP contribution in [0.5, 0.6) is 0 Å². The number of rotatable bonds is 4. The van der Waals surface area contributed by atoms with Gasteiger partial charge in [0.2, 0.25) is 0 Å². The van der Waals surface area contributed by atoms with Gasteiger partial charge in [0, 0.05) is 18.7 Å². The van der Waals surface area contributed by atoms with Gasteiger partial charge in [0.25, 0.3) is 0 Å². The molecule has 2 aromatic rings. The SMILES string of the molecule is Cc1cc(C)cc(-c2cc(F)ccc2N(CC2CCN(C)C2)C(=O)O)c1. The first-order valence-corrected chi connectivity index (χ1v) is 8.90. The number of amides is 1. The molecule has 2 aromatic carbocycles. The van der Waals surface area contributed by atoms with Gasteiger partial charge in [-0.25, -0.2) is 9.18 Å². The Hall–Kier alpha value is -2.40. The number of anilines is 1. The maximum absolute atomic E-state index is 14.0. The Kier molecular flexibility index (Phi) is 5.28. The Morgan fingerprint density at radius 1 is 1.23 bits per heavy atom. The third-order valence-corrected chi connectivity index (χ3v) is 4.94. The Morgan fingerprint density at radius 3 is 2.50 bits per heavy atom. The summed E-state index contributed by atoms with van der Waals surface area (Å²) in [6.45, 7) is 6.25. The molecule has 0 aliphatic carbocycles. The molecular formula is C21H25FN2O2. The van der Waals surface area contributed by atoms with Gasteiger partial charge >= 0.3 is 6.09 Å². The highest BCUT2D eigenvalue weighted by atomic mass is 19.1. The van der Waals surface area contributed by atoms with Gasteiger partial charge in [-0.1, -0.05) is 29.3 Å². The third kappa shape index (κ3) is 4.05. The van der Waals surface area contributed by atoms with E-state index in [2.05, 4.69) is 4.90 Å². The van der Waals surface area contributed by atoms with Crippen LogP contribution in [0.15, 0.2) is 36.4 Å². The number of hydrogen-bond donors (Lipinski definition) is 1. The normalized spacial score (nSPS) is 17.5. The van der Waals surface area contributed by atoms with Crippen molar-refractivity contribution in [1.29, 1.82) is 0 Å². The van der Waals surface area contributed by atoms with Crippen LogP contribution in [-0.4, -0.2) is 42.8 Å². The average Bonchev–Trinajstić information content (AvgIpc) is 2.97. The molecule has 1 heterocycles. The van der Waals surface area contributed by atoms with Crippen molar-refractivity contribution >= 4 is 11.8 Å². The molecule has 0 aromatic heterocycles. The lowest BCUT2D eigenvalue weighted by Gasteiger charge is -2.25. The lowest BCUT2D eigenvalue weighted by Crippen LogP contribution is -2.35. The number of carbonyl (C=O) groups is 1. The number of likely N-dealkylation sites (tertiary alicyclic amines) is 1. The topological polar surface area (TPSA) is 43.8 Å². The van der Waals surface area contributed by atoms with Gasteiger partial charge in [0.15, 0.2) is 0 Å². The lowest BCUT2D eigenvalue weighted by molar-refractivity contribution is 0.200. The summed E-state index contributed by atoms with van der Waals surface area (Å²) < 4.78 is 14.0. The van der Waals surface area contributed by atoms with E-state index in [0.29, 0.717) is 17.8 Å². The fraction of sp³-hybridized carbons (Fsp3) is 0.381. The molecule has 1 saturated heterocycles. The molecule has 0 radical (unpaired) electrons. The Labute approximate surface area is 153 Å². The lowest BCUT2D eigenvalue weighted by atomic mass is 9.98. The van der Waals surface area contributed by atoms with Crippen LogP contribution in [0.25, 0.3) is 11.1 Å². The quantitative estimate of drug-likeness (QED) is 0.874. The number of halogens is 1. The van der Waals surface area contributed by atoms with Crippen molar-refractivity contribution < 1.29 is 14.3 Å². The van der Waals surface area contributed by atoms with Crippen LogP contribution in [0.2, 0.25) is 0 Å². The van der Waals surface area contributed by atoms with Crippen molar-refractivity contribution in [3.8, 4) is 11.1 Å². The molecule has 0 spiro atoms. The highest BCUT2D eigenvalue weighted by molar-refractivity contribution is 5.93. The first-order valence-electron chi connectivity index (χ1n) is 8.90. The molecule has 138 valence electrons. The number of benzene rings is 2.